The molecule has 0 heterocycles. The van der Waals surface area contributed by atoms with Gasteiger partial charge in [-0.1, -0.05) is 24.0 Å². The van der Waals surface area contributed by atoms with Crippen LogP contribution in [0.15, 0.2) is 18.2 Å². The molecule has 0 atom stereocenters. The Morgan fingerprint density at radius 3 is 3.00 bits per heavy atom. The lowest BCUT2D eigenvalue weighted by molar-refractivity contribution is 0.112. The molecule has 14 heavy (non-hydrogen) atoms. The Bertz CT molecular complexity index is 388. The van der Waals surface area contributed by atoms with Crippen LogP contribution in [0, 0.1) is 11.8 Å². The van der Waals surface area contributed by atoms with Crippen molar-refractivity contribution in [2.45, 2.75) is 0 Å². The minimum atomic E-state index is 0.0400. The van der Waals surface area contributed by atoms with Gasteiger partial charge in [-0.3, -0.25) is 4.79 Å². The van der Waals surface area contributed by atoms with Gasteiger partial charge in [-0.25, -0.2) is 0 Å². The summed E-state index contributed by atoms with van der Waals surface area (Å²) in [4.78, 5) is 10.6. The quantitative estimate of drug-likeness (QED) is 0.534. The summed E-state index contributed by atoms with van der Waals surface area (Å²) in [6, 6.07) is 4.74. The summed E-state index contributed by atoms with van der Waals surface area (Å²) in [7, 11) is 1.78. The highest BCUT2D eigenvalue weighted by atomic mass is 16.3. The fourth-order valence-electron chi connectivity index (χ4n) is 1.01. The molecule has 3 nitrogen and oxygen atoms in total. The summed E-state index contributed by atoms with van der Waals surface area (Å²) < 4.78 is 0. The van der Waals surface area contributed by atoms with Crippen molar-refractivity contribution >= 4 is 6.29 Å². The van der Waals surface area contributed by atoms with E-state index >= 15 is 0 Å². The van der Waals surface area contributed by atoms with Crippen molar-refractivity contribution in [3.05, 3.63) is 29.3 Å². The second-order valence-electron chi connectivity index (χ2n) is 2.69. The van der Waals surface area contributed by atoms with Crippen LogP contribution in [0.25, 0.3) is 0 Å². The van der Waals surface area contributed by atoms with Crippen LogP contribution in [0.2, 0.25) is 0 Å². The first-order chi connectivity index (χ1) is 6.79. The molecule has 0 aliphatic carbocycles. The molecule has 1 aromatic rings. The Labute approximate surface area is 82.8 Å². The first-order valence-corrected chi connectivity index (χ1v) is 4.20. The summed E-state index contributed by atoms with van der Waals surface area (Å²) in [6.07, 6.45) is 0.684. The number of benzene rings is 1. The molecular formula is C11H11NO2. The average molecular weight is 189 g/mol. The molecule has 0 aliphatic rings. The minimum Gasteiger partial charge on any atom is -0.507 e. The Morgan fingerprint density at radius 2 is 2.36 bits per heavy atom. The van der Waals surface area contributed by atoms with E-state index in [-0.39, 0.29) is 5.75 Å². The molecule has 0 saturated carbocycles. The van der Waals surface area contributed by atoms with E-state index in [0.717, 1.165) is 0 Å². The largest absolute Gasteiger partial charge is 0.507 e. The van der Waals surface area contributed by atoms with E-state index in [1.807, 2.05) is 0 Å². The maximum absolute atomic E-state index is 10.6. The van der Waals surface area contributed by atoms with Crippen LogP contribution in [0.5, 0.6) is 5.75 Å². The summed E-state index contributed by atoms with van der Waals surface area (Å²) in [5.41, 5.74) is 0.798. The summed E-state index contributed by atoms with van der Waals surface area (Å²) in [6.45, 7) is 0.520. The lowest BCUT2D eigenvalue weighted by Crippen LogP contribution is -2.04. The minimum absolute atomic E-state index is 0.0400. The highest BCUT2D eigenvalue weighted by molar-refractivity contribution is 5.81. The fourth-order valence-corrected chi connectivity index (χ4v) is 1.01. The van der Waals surface area contributed by atoms with Gasteiger partial charge in [0.15, 0.2) is 6.29 Å². The monoisotopic (exact) mass is 189 g/mol. The van der Waals surface area contributed by atoms with Crippen molar-refractivity contribution in [2.24, 2.45) is 0 Å². The Hall–Kier alpha value is -1.79. The van der Waals surface area contributed by atoms with Crippen molar-refractivity contribution in [3.63, 3.8) is 0 Å². The van der Waals surface area contributed by atoms with Gasteiger partial charge in [-0.2, -0.15) is 0 Å². The fraction of sp³-hybridized carbons (Fsp3) is 0.182. The van der Waals surface area contributed by atoms with Crippen LogP contribution in [0.4, 0.5) is 0 Å². The first-order valence-electron chi connectivity index (χ1n) is 4.20. The molecule has 2 N–H and O–H groups in total. The molecule has 0 saturated heterocycles. The van der Waals surface area contributed by atoms with Crippen LogP contribution >= 0.6 is 0 Å². The molecule has 0 unspecified atom stereocenters. The third-order valence-corrected chi connectivity index (χ3v) is 1.68. The smallest absolute Gasteiger partial charge is 0.151 e. The number of phenolic OH excluding ortho intramolecular Hbond substituents is 1. The summed E-state index contributed by atoms with van der Waals surface area (Å²) >= 11 is 0. The Balaban J connectivity index is 3.06. The average Bonchev–Trinajstić information content (AvgIpc) is 2.20. The van der Waals surface area contributed by atoms with Gasteiger partial charge < -0.3 is 10.4 Å². The van der Waals surface area contributed by atoms with Crippen LogP contribution in [-0.4, -0.2) is 25.0 Å². The zero-order valence-corrected chi connectivity index (χ0v) is 7.87. The number of phenols is 1. The zero-order valence-electron chi connectivity index (χ0n) is 7.87. The first kappa shape index (κ1) is 10.3. The van der Waals surface area contributed by atoms with Crippen molar-refractivity contribution < 1.29 is 9.90 Å². The second-order valence-corrected chi connectivity index (χ2v) is 2.69. The van der Waals surface area contributed by atoms with E-state index in [4.69, 9.17) is 0 Å². The Morgan fingerprint density at radius 1 is 1.57 bits per heavy atom. The van der Waals surface area contributed by atoms with Crippen LogP contribution < -0.4 is 5.32 Å². The van der Waals surface area contributed by atoms with E-state index in [1.54, 1.807) is 19.2 Å². The number of aromatic hydroxyl groups is 1. The van der Waals surface area contributed by atoms with E-state index in [9.17, 15) is 9.90 Å². The molecule has 0 spiro atoms. The maximum Gasteiger partial charge on any atom is 0.151 e. The number of carbonyl (C=O) groups is 1. The lowest BCUT2D eigenvalue weighted by atomic mass is 10.1. The molecule has 0 amide bonds. The lowest BCUT2D eigenvalue weighted by Gasteiger charge is -1.98. The Kier molecular flexibility index (Phi) is 3.71. The van der Waals surface area contributed by atoms with Crippen molar-refractivity contribution in [3.8, 4) is 17.6 Å². The molecule has 1 aromatic carbocycles. The number of hydrogen-bond donors (Lipinski definition) is 2. The molecule has 0 bridgehead atoms. The van der Waals surface area contributed by atoms with Gasteiger partial charge in [-0.05, 0) is 13.1 Å². The van der Waals surface area contributed by atoms with Gasteiger partial charge in [0.25, 0.3) is 0 Å². The van der Waals surface area contributed by atoms with Crippen LogP contribution in [-0.2, 0) is 0 Å². The van der Waals surface area contributed by atoms with Gasteiger partial charge in [0, 0.05) is 5.56 Å². The standard InChI is InChI=1S/C11H11NO2/c1-12-7-3-5-10-9(8-13)4-2-6-11(10)14/h2,4,6,8,12,14H,7H2,1H3. The van der Waals surface area contributed by atoms with Crippen molar-refractivity contribution in [1.82, 2.24) is 5.32 Å². The molecule has 0 radical (unpaired) electrons. The molecule has 3 heteroatoms. The molecule has 72 valence electrons. The normalized spacial score (nSPS) is 8.93. The molecule has 1 rings (SSSR count). The van der Waals surface area contributed by atoms with E-state index in [2.05, 4.69) is 17.2 Å². The molecule has 0 aliphatic heterocycles. The third-order valence-electron chi connectivity index (χ3n) is 1.68. The number of carbonyl (C=O) groups excluding carboxylic acids is 1. The molecular weight excluding hydrogens is 178 g/mol. The SMILES string of the molecule is CNCC#Cc1c(O)cccc1C=O. The third kappa shape index (κ3) is 2.35. The van der Waals surface area contributed by atoms with E-state index in [1.165, 1.54) is 6.07 Å². The zero-order chi connectivity index (χ0) is 10.4. The van der Waals surface area contributed by atoms with Crippen molar-refractivity contribution in [1.29, 1.82) is 0 Å². The predicted octanol–water partition coefficient (Wildman–Crippen LogP) is 0.776. The van der Waals surface area contributed by atoms with Gasteiger partial charge in [0.1, 0.15) is 5.75 Å². The highest BCUT2D eigenvalue weighted by Crippen LogP contribution is 2.18. The maximum atomic E-state index is 10.6. The van der Waals surface area contributed by atoms with Gasteiger partial charge in [0.05, 0.1) is 12.1 Å². The second kappa shape index (κ2) is 5.05. The van der Waals surface area contributed by atoms with E-state index < -0.39 is 0 Å². The number of rotatable bonds is 2. The number of aldehydes is 1. The molecule has 0 aromatic heterocycles. The van der Waals surface area contributed by atoms with Crippen LogP contribution in [0.3, 0.4) is 0 Å². The highest BCUT2D eigenvalue weighted by Gasteiger charge is 2.02. The van der Waals surface area contributed by atoms with Gasteiger partial charge in [0.2, 0.25) is 0 Å². The molecule has 0 fully saturated rings. The van der Waals surface area contributed by atoms with Gasteiger partial charge >= 0.3 is 0 Å². The number of nitrogens with one attached hydrogen (secondary N) is 1. The summed E-state index contributed by atoms with van der Waals surface area (Å²) in [5, 5.41) is 12.3. The van der Waals surface area contributed by atoms with E-state index in [0.29, 0.717) is 24.0 Å². The van der Waals surface area contributed by atoms with Crippen LogP contribution in [0.1, 0.15) is 15.9 Å². The van der Waals surface area contributed by atoms with Gasteiger partial charge in [-0.15, -0.1) is 0 Å². The number of hydrogen-bond acceptors (Lipinski definition) is 3. The predicted molar refractivity (Wildman–Crippen MR) is 54.3 cm³/mol. The van der Waals surface area contributed by atoms with Crippen molar-refractivity contribution in [2.75, 3.05) is 13.6 Å². The topological polar surface area (TPSA) is 49.3 Å². The summed E-state index contributed by atoms with van der Waals surface area (Å²) in [5.74, 6) is 5.57.